The predicted octanol–water partition coefficient (Wildman–Crippen LogP) is 2.18. The summed E-state index contributed by atoms with van der Waals surface area (Å²) in [4.78, 5) is 15.1. The minimum Gasteiger partial charge on any atom is -0.481 e. The number of carboxylic acid groups (broad SMARTS) is 1. The van der Waals surface area contributed by atoms with Crippen LogP contribution in [-0.4, -0.2) is 25.7 Å². The molecule has 0 fully saturated rings. The summed E-state index contributed by atoms with van der Waals surface area (Å²) in [7, 11) is 0. The first kappa shape index (κ1) is 13.5. The number of aromatic nitrogens is 2. The highest BCUT2D eigenvalue weighted by atomic mass is 16.4. The van der Waals surface area contributed by atoms with Gasteiger partial charge in [-0.2, -0.15) is 0 Å². The number of aliphatic carboxylic acids is 1. The standard InChI is InChI=1S/C14H18N2O3/c1-8-6-11-12(7-9(8)2)16(5-4-13(18)19)14(15-11)10(3)17/h6-7,10,17H,4-5H2,1-3H3,(H,18,19). The van der Waals surface area contributed by atoms with Crippen molar-refractivity contribution in [1.29, 1.82) is 0 Å². The Morgan fingerprint density at radius 2 is 2.00 bits per heavy atom. The van der Waals surface area contributed by atoms with Crippen LogP contribution in [0.15, 0.2) is 12.1 Å². The molecule has 1 aromatic heterocycles. The predicted molar refractivity (Wildman–Crippen MR) is 72.1 cm³/mol. The molecule has 1 aromatic carbocycles. The van der Waals surface area contributed by atoms with Gasteiger partial charge in [0.2, 0.25) is 0 Å². The summed E-state index contributed by atoms with van der Waals surface area (Å²) in [5.74, 6) is -0.344. The number of aryl methyl sites for hydroxylation is 3. The molecule has 0 saturated carbocycles. The number of hydrogen-bond donors (Lipinski definition) is 2. The zero-order chi connectivity index (χ0) is 14.2. The summed E-state index contributed by atoms with van der Waals surface area (Å²) in [5.41, 5.74) is 3.93. The van der Waals surface area contributed by atoms with E-state index in [-0.39, 0.29) is 6.42 Å². The Labute approximate surface area is 111 Å². The fourth-order valence-corrected chi connectivity index (χ4v) is 2.16. The van der Waals surface area contributed by atoms with Gasteiger partial charge < -0.3 is 14.8 Å². The molecule has 5 heteroatoms. The molecular weight excluding hydrogens is 244 g/mol. The van der Waals surface area contributed by atoms with Gasteiger partial charge in [0.05, 0.1) is 17.5 Å². The molecule has 1 atom stereocenters. The lowest BCUT2D eigenvalue weighted by atomic mass is 10.1. The summed E-state index contributed by atoms with van der Waals surface area (Å²) >= 11 is 0. The zero-order valence-electron chi connectivity index (χ0n) is 11.3. The fourth-order valence-electron chi connectivity index (χ4n) is 2.16. The van der Waals surface area contributed by atoms with Crippen molar-refractivity contribution in [3.8, 4) is 0 Å². The number of aliphatic hydroxyl groups is 1. The molecule has 0 radical (unpaired) electrons. The maximum absolute atomic E-state index is 10.7. The topological polar surface area (TPSA) is 75.4 Å². The van der Waals surface area contributed by atoms with Crippen LogP contribution >= 0.6 is 0 Å². The number of rotatable bonds is 4. The number of imidazole rings is 1. The number of carbonyl (C=O) groups is 1. The Morgan fingerprint density at radius 1 is 1.37 bits per heavy atom. The number of benzene rings is 1. The number of aliphatic hydroxyl groups excluding tert-OH is 1. The Kier molecular flexibility index (Phi) is 3.57. The van der Waals surface area contributed by atoms with Gasteiger partial charge in [-0.1, -0.05) is 0 Å². The SMILES string of the molecule is Cc1cc2nc(C(C)O)n(CCC(=O)O)c2cc1C. The average molecular weight is 262 g/mol. The molecule has 2 rings (SSSR count). The molecule has 1 heterocycles. The van der Waals surface area contributed by atoms with Crippen molar-refractivity contribution in [3.63, 3.8) is 0 Å². The van der Waals surface area contributed by atoms with E-state index in [0.717, 1.165) is 22.2 Å². The van der Waals surface area contributed by atoms with Crippen LogP contribution in [-0.2, 0) is 11.3 Å². The molecule has 0 bridgehead atoms. The van der Waals surface area contributed by atoms with E-state index < -0.39 is 12.1 Å². The highest BCUT2D eigenvalue weighted by molar-refractivity contribution is 5.78. The van der Waals surface area contributed by atoms with Crippen LogP contribution in [0.2, 0.25) is 0 Å². The van der Waals surface area contributed by atoms with E-state index in [1.807, 2.05) is 26.0 Å². The smallest absolute Gasteiger partial charge is 0.305 e. The molecule has 0 aliphatic heterocycles. The Balaban J connectivity index is 2.58. The first-order chi connectivity index (χ1) is 8.90. The van der Waals surface area contributed by atoms with Gasteiger partial charge in [-0.05, 0) is 44.0 Å². The summed E-state index contributed by atoms with van der Waals surface area (Å²) in [5, 5.41) is 18.6. The molecule has 2 N–H and O–H groups in total. The molecule has 102 valence electrons. The highest BCUT2D eigenvalue weighted by Crippen LogP contribution is 2.24. The molecule has 0 aliphatic rings. The average Bonchev–Trinajstić information content (AvgIpc) is 2.65. The van der Waals surface area contributed by atoms with E-state index >= 15 is 0 Å². The van der Waals surface area contributed by atoms with Crippen molar-refractivity contribution >= 4 is 17.0 Å². The third kappa shape index (κ3) is 2.61. The Hall–Kier alpha value is -1.88. The van der Waals surface area contributed by atoms with Crippen LogP contribution in [0.4, 0.5) is 0 Å². The lowest BCUT2D eigenvalue weighted by molar-refractivity contribution is -0.137. The van der Waals surface area contributed by atoms with Crippen LogP contribution in [0.3, 0.4) is 0 Å². The summed E-state index contributed by atoms with van der Waals surface area (Å²) in [6, 6.07) is 3.96. The van der Waals surface area contributed by atoms with Gasteiger partial charge in [0, 0.05) is 6.54 Å². The quantitative estimate of drug-likeness (QED) is 0.885. The molecule has 0 amide bonds. The molecule has 0 aliphatic carbocycles. The monoisotopic (exact) mass is 262 g/mol. The van der Waals surface area contributed by atoms with Gasteiger partial charge in [-0.15, -0.1) is 0 Å². The summed E-state index contributed by atoms with van der Waals surface area (Å²) in [6.07, 6.45) is -0.709. The number of hydrogen-bond acceptors (Lipinski definition) is 3. The van der Waals surface area contributed by atoms with Crippen LogP contribution in [0, 0.1) is 13.8 Å². The van der Waals surface area contributed by atoms with Crippen LogP contribution in [0.1, 0.15) is 36.4 Å². The van der Waals surface area contributed by atoms with Gasteiger partial charge in [-0.3, -0.25) is 4.79 Å². The van der Waals surface area contributed by atoms with E-state index in [2.05, 4.69) is 4.98 Å². The number of carboxylic acids is 1. The van der Waals surface area contributed by atoms with Crippen molar-refractivity contribution in [1.82, 2.24) is 9.55 Å². The van der Waals surface area contributed by atoms with Crippen molar-refractivity contribution in [2.45, 2.75) is 39.8 Å². The van der Waals surface area contributed by atoms with Crippen molar-refractivity contribution in [3.05, 3.63) is 29.1 Å². The minimum atomic E-state index is -0.859. The van der Waals surface area contributed by atoms with Gasteiger partial charge >= 0.3 is 5.97 Å². The zero-order valence-corrected chi connectivity index (χ0v) is 11.3. The van der Waals surface area contributed by atoms with E-state index in [1.165, 1.54) is 0 Å². The normalized spacial score (nSPS) is 12.8. The largest absolute Gasteiger partial charge is 0.481 e. The van der Waals surface area contributed by atoms with Gasteiger partial charge in [0.1, 0.15) is 11.9 Å². The maximum atomic E-state index is 10.7. The van der Waals surface area contributed by atoms with Crippen LogP contribution in [0.5, 0.6) is 0 Å². The highest BCUT2D eigenvalue weighted by Gasteiger charge is 2.16. The molecule has 5 nitrogen and oxygen atoms in total. The lowest BCUT2D eigenvalue weighted by Crippen LogP contribution is -2.10. The van der Waals surface area contributed by atoms with E-state index in [4.69, 9.17) is 5.11 Å². The third-order valence-corrected chi connectivity index (χ3v) is 3.32. The Bertz CT molecular complexity index is 629. The van der Waals surface area contributed by atoms with Crippen molar-refractivity contribution in [2.24, 2.45) is 0 Å². The van der Waals surface area contributed by atoms with E-state index in [0.29, 0.717) is 12.4 Å². The molecule has 1 unspecified atom stereocenters. The maximum Gasteiger partial charge on any atom is 0.305 e. The van der Waals surface area contributed by atoms with Gasteiger partial charge in [0.25, 0.3) is 0 Å². The van der Waals surface area contributed by atoms with E-state index in [1.54, 1.807) is 11.5 Å². The number of fused-ring (bicyclic) bond motifs is 1. The summed E-state index contributed by atoms with van der Waals surface area (Å²) < 4.78 is 1.79. The van der Waals surface area contributed by atoms with Crippen LogP contribution in [0.25, 0.3) is 11.0 Å². The van der Waals surface area contributed by atoms with Crippen LogP contribution < -0.4 is 0 Å². The fraction of sp³-hybridized carbons (Fsp3) is 0.429. The van der Waals surface area contributed by atoms with Crippen molar-refractivity contribution in [2.75, 3.05) is 0 Å². The van der Waals surface area contributed by atoms with Crippen molar-refractivity contribution < 1.29 is 15.0 Å². The summed E-state index contributed by atoms with van der Waals surface area (Å²) in [6.45, 7) is 5.96. The second kappa shape index (κ2) is 5.01. The molecule has 19 heavy (non-hydrogen) atoms. The van der Waals surface area contributed by atoms with Gasteiger partial charge in [0.15, 0.2) is 0 Å². The first-order valence-electron chi connectivity index (χ1n) is 6.27. The van der Waals surface area contributed by atoms with E-state index in [9.17, 15) is 9.90 Å². The second-order valence-corrected chi connectivity index (χ2v) is 4.87. The third-order valence-electron chi connectivity index (χ3n) is 3.32. The molecule has 2 aromatic rings. The lowest BCUT2D eigenvalue weighted by Gasteiger charge is -2.10. The first-order valence-corrected chi connectivity index (χ1v) is 6.27. The molecular formula is C14H18N2O3. The molecule has 0 spiro atoms. The van der Waals surface area contributed by atoms with Gasteiger partial charge in [-0.25, -0.2) is 4.98 Å². The Morgan fingerprint density at radius 3 is 2.58 bits per heavy atom. The molecule has 0 saturated heterocycles. The second-order valence-electron chi connectivity index (χ2n) is 4.87. The number of nitrogens with zero attached hydrogens (tertiary/aromatic N) is 2. The minimum absolute atomic E-state index is 0.0120.